The Morgan fingerprint density at radius 1 is 1.48 bits per heavy atom. The summed E-state index contributed by atoms with van der Waals surface area (Å²) in [7, 11) is 1.77. The summed E-state index contributed by atoms with van der Waals surface area (Å²) in [6.07, 6.45) is 3.37. The lowest BCUT2D eigenvalue weighted by Crippen LogP contribution is -2.40. The van der Waals surface area contributed by atoms with Crippen LogP contribution in [0.15, 0.2) is 6.20 Å². The monoisotopic (exact) mass is 292 g/mol. The number of carbonyl (C=O) groups is 1. The zero-order valence-corrected chi connectivity index (χ0v) is 13.0. The van der Waals surface area contributed by atoms with E-state index < -0.39 is 0 Å². The summed E-state index contributed by atoms with van der Waals surface area (Å²) in [4.78, 5) is 23.2. The van der Waals surface area contributed by atoms with Crippen LogP contribution < -0.4 is 5.32 Å². The smallest absolute Gasteiger partial charge is 0.274 e. The minimum atomic E-state index is -0.0555. The van der Waals surface area contributed by atoms with Gasteiger partial charge in [-0.2, -0.15) is 0 Å². The molecule has 0 radical (unpaired) electrons. The van der Waals surface area contributed by atoms with Crippen LogP contribution in [0.5, 0.6) is 0 Å². The molecule has 0 spiro atoms. The topological polar surface area (TPSA) is 78.4 Å². The minimum absolute atomic E-state index is 0.0555. The second-order valence-electron chi connectivity index (χ2n) is 5.81. The van der Waals surface area contributed by atoms with Crippen LogP contribution in [0.25, 0.3) is 0 Å². The fourth-order valence-electron chi connectivity index (χ4n) is 2.49. The van der Waals surface area contributed by atoms with Gasteiger partial charge >= 0.3 is 0 Å². The summed E-state index contributed by atoms with van der Waals surface area (Å²) in [5.41, 5.74) is 1.10. The number of rotatable bonds is 4. The van der Waals surface area contributed by atoms with Gasteiger partial charge in [0.25, 0.3) is 5.91 Å². The number of hydrogen-bond acceptors (Lipinski definition) is 5. The molecule has 0 aliphatic carbocycles. The number of piperidine rings is 1. The number of hydrogen-bond donors (Lipinski definition) is 2. The lowest BCUT2D eigenvalue weighted by Gasteiger charge is -2.31. The van der Waals surface area contributed by atoms with E-state index in [2.05, 4.69) is 15.3 Å². The van der Waals surface area contributed by atoms with Crippen LogP contribution in [0.2, 0.25) is 0 Å². The van der Waals surface area contributed by atoms with Crippen LogP contribution in [0.4, 0.5) is 5.69 Å². The Hall–Kier alpha value is -1.69. The zero-order chi connectivity index (χ0) is 15.4. The van der Waals surface area contributed by atoms with Crippen LogP contribution >= 0.6 is 0 Å². The fourth-order valence-corrected chi connectivity index (χ4v) is 2.49. The minimum Gasteiger partial charge on any atom is -0.396 e. The van der Waals surface area contributed by atoms with Crippen LogP contribution in [0, 0.1) is 5.92 Å². The van der Waals surface area contributed by atoms with Gasteiger partial charge in [0.15, 0.2) is 5.69 Å². The number of nitrogens with one attached hydrogen (secondary N) is 1. The number of amides is 1. The van der Waals surface area contributed by atoms with Gasteiger partial charge in [-0.25, -0.2) is 9.97 Å². The van der Waals surface area contributed by atoms with Crippen molar-refractivity contribution >= 4 is 11.6 Å². The van der Waals surface area contributed by atoms with Crippen molar-refractivity contribution in [1.82, 2.24) is 14.9 Å². The Labute approximate surface area is 125 Å². The summed E-state index contributed by atoms with van der Waals surface area (Å²) < 4.78 is 0. The van der Waals surface area contributed by atoms with Crippen LogP contribution in [0.1, 0.15) is 48.9 Å². The van der Waals surface area contributed by atoms with E-state index in [1.165, 1.54) is 0 Å². The maximum absolute atomic E-state index is 12.7. The summed E-state index contributed by atoms with van der Waals surface area (Å²) in [6, 6.07) is 0. The van der Waals surface area contributed by atoms with Crippen molar-refractivity contribution in [1.29, 1.82) is 0 Å². The first-order valence-electron chi connectivity index (χ1n) is 7.51. The van der Waals surface area contributed by atoms with Gasteiger partial charge in [-0.3, -0.25) is 4.79 Å². The summed E-state index contributed by atoms with van der Waals surface area (Å²) in [6.45, 7) is 5.57. The standard InChI is InChI=1S/C15H24N4O2/c1-10(2)14-17-8-12(16-3)13(18-14)15(21)19-6-4-11(9-20)5-7-19/h8,10-11,16,20H,4-7,9H2,1-3H3. The maximum atomic E-state index is 12.7. The van der Waals surface area contributed by atoms with E-state index in [4.69, 9.17) is 0 Å². The molecule has 2 rings (SSSR count). The second kappa shape index (κ2) is 6.85. The molecule has 2 N–H and O–H groups in total. The molecule has 1 amide bonds. The number of aromatic nitrogens is 2. The van der Waals surface area contributed by atoms with E-state index in [9.17, 15) is 9.90 Å². The van der Waals surface area contributed by atoms with Gasteiger partial charge in [0.1, 0.15) is 5.82 Å². The highest BCUT2D eigenvalue weighted by atomic mass is 16.3. The Morgan fingerprint density at radius 3 is 2.67 bits per heavy atom. The Balaban J connectivity index is 2.20. The van der Waals surface area contributed by atoms with E-state index in [1.54, 1.807) is 13.2 Å². The molecule has 1 fully saturated rings. The van der Waals surface area contributed by atoms with Crippen molar-refractivity contribution in [3.05, 3.63) is 17.7 Å². The highest BCUT2D eigenvalue weighted by Crippen LogP contribution is 2.22. The molecule has 0 aromatic carbocycles. The molecule has 0 unspecified atom stereocenters. The normalized spacial score (nSPS) is 16.3. The third-order valence-electron chi connectivity index (χ3n) is 3.96. The third-order valence-corrected chi connectivity index (χ3v) is 3.96. The van der Waals surface area contributed by atoms with Gasteiger partial charge in [0.05, 0.1) is 11.9 Å². The molecule has 1 saturated heterocycles. The number of carbonyl (C=O) groups excluding carboxylic acids is 1. The van der Waals surface area contributed by atoms with Crippen molar-refractivity contribution in [2.75, 3.05) is 32.1 Å². The molecule has 1 aromatic heterocycles. The number of anilines is 1. The lowest BCUT2D eigenvalue weighted by molar-refractivity contribution is 0.0645. The van der Waals surface area contributed by atoms with Gasteiger partial charge in [0.2, 0.25) is 0 Å². The molecule has 0 atom stereocenters. The number of nitrogens with zero attached hydrogens (tertiary/aromatic N) is 3. The van der Waals surface area contributed by atoms with Crippen LogP contribution in [-0.4, -0.2) is 52.6 Å². The first-order chi connectivity index (χ1) is 10.1. The number of aliphatic hydroxyl groups is 1. The summed E-state index contributed by atoms with van der Waals surface area (Å²) in [5.74, 6) is 1.12. The van der Waals surface area contributed by atoms with Gasteiger partial charge in [0, 0.05) is 32.7 Å². The average molecular weight is 292 g/mol. The lowest BCUT2D eigenvalue weighted by atomic mass is 9.97. The average Bonchev–Trinajstić information content (AvgIpc) is 2.53. The predicted octanol–water partition coefficient (Wildman–Crippen LogP) is 1.49. The summed E-state index contributed by atoms with van der Waals surface area (Å²) >= 11 is 0. The first kappa shape index (κ1) is 15.7. The second-order valence-corrected chi connectivity index (χ2v) is 5.81. The highest BCUT2D eigenvalue weighted by Gasteiger charge is 2.26. The molecule has 6 heteroatoms. The van der Waals surface area contributed by atoms with Crippen molar-refractivity contribution in [3.8, 4) is 0 Å². The van der Waals surface area contributed by atoms with Crippen molar-refractivity contribution in [3.63, 3.8) is 0 Å². The van der Waals surface area contributed by atoms with E-state index in [-0.39, 0.29) is 18.4 Å². The zero-order valence-electron chi connectivity index (χ0n) is 13.0. The highest BCUT2D eigenvalue weighted by molar-refractivity contribution is 5.97. The molecule has 6 nitrogen and oxygen atoms in total. The largest absolute Gasteiger partial charge is 0.396 e. The SMILES string of the molecule is CNc1cnc(C(C)C)nc1C(=O)N1CCC(CO)CC1. The van der Waals surface area contributed by atoms with E-state index in [1.807, 2.05) is 18.7 Å². The molecule has 1 aliphatic rings. The van der Waals surface area contributed by atoms with Gasteiger partial charge < -0.3 is 15.3 Å². The van der Waals surface area contributed by atoms with Crippen molar-refractivity contribution in [2.45, 2.75) is 32.6 Å². The summed E-state index contributed by atoms with van der Waals surface area (Å²) in [5, 5.41) is 12.2. The molecule has 116 valence electrons. The van der Waals surface area contributed by atoms with Crippen LogP contribution in [0.3, 0.4) is 0 Å². The fraction of sp³-hybridized carbons (Fsp3) is 0.667. The molecule has 0 saturated carbocycles. The third kappa shape index (κ3) is 3.50. The van der Waals surface area contributed by atoms with Gasteiger partial charge in [-0.15, -0.1) is 0 Å². The molecular formula is C15H24N4O2. The van der Waals surface area contributed by atoms with Crippen LogP contribution in [-0.2, 0) is 0 Å². The molecule has 2 heterocycles. The van der Waals surface area contributed by atoms with Gasteiger partial charge in [-0.05, 0) is 18.8 Å². The number of aliphatic hydroxyl groups excluding tert-OH is 1. The molecular weight excluding hydrogens is 268 g/mol. The van der Waals surface area contributed by atoms with Crippen molar-refractivity contribution in [2.24, 2.45) is 5.92 Å². The molecule has 1 aromatic rings. The first-order valence-corrected chi connectivity index (χ1v) is 7.51. The number of likely N-dealkylation sites (tertiary alicyclic amines) is 1. The Kier molecular flexibility index (Phi) is 5.12. The predicted molar refractivity (Wildman–Crippen MR) is 81.4 cm³/mol. The van der Waals surface area contributed by atoms with E-state index in [0.717, 1.165) is 12.8 Å². The Morgan fingerprint density at radius 2 is 2.14 bits per heavy atom. The van der Waals surface area contributed by atoms with Crippen molar-refractivity contribution < 1.29 is 9.90 Å². The quantitative estimate of drug-likeness (QED) is 0.879. The van der Waals surface area contributed by atoms with E-state index >= 15 is 0 Å². The molecule has 1 aliphatic heterocycles. The molecule has 0 bridgehead atoms. The van der Waals surface area contributed by atoms with Gasteiger partial charge in [-0.1, -0.05) is 13.8 Å². The van der Waals surface area contributed by atoms with E-state index in [0.29, 0.717) is 36.2 Å². The molecule has 21 heavy (non-hydrogen) atoms. The Bertz CT molecular complexity index is 496. The maximum Gasteiger partial charge on any atom is 0.274 e.